The van der Waals surface area contributed by atoms with Gasteiger partial charge in [-0.05, 0) is 163 Å². The smallest absolute Gasteiger partial charge is 0.478 e. The third-order valence-corrected chi connectivity index (χ3v) is 18.7. The predicted molar refractivity (Wildman–Crippen MR) is 499 cm³/mol. The summed E-state index contributed by atoms with van der Waals surface area (Å²) >= 11 is 20.8. The fourth-order valence-electron chi connectivity index (χ4n) is 11.3. The number of ether oxygens (including phenoxy) is 3. The van der Waals surface area contributed by atoms with Crippen LogP contribution in [-0.4, -0.2) is 93.1 Å². The first-order chi connectivity index (χ1) is 59.0. The number of Topliss-reactive ketones (excluding diaryl/α,β-unsaturated/α-hetero) is 1. The molecule has 1 atom stereocenters. The van der Waals surface area contributed by atoms with Gasteiger partial charge in [0, 0.05) is 141 Å². The average Bonchev–Trinajstić information content (AvgIpc) is 1.72. The Balaban J connectivity index is 0.000000714. The van der Waals surface area contributed by atoms with Crippen LogP contribution in [0.1, 0.15) is 171 Å². The van der Waals surface area contributed by atoms with Crippen molar-refractivity contribution < 1.29 is 82.4 Å². The van der Waals surface area contributed by atoms with E-state index in [9.17, 15) is 33.6 Å². The van der Waals surface area contributed by atoms with E-state index < -0.39 is 18.1 Å². The number of aliphatic carboxylic acids is 1. The molecule has 1 unspecified atom stereocenters. The molecule has 0 aliphatic rings. The van der Waals surface area contributed by atoms with Gasteiger partial charge in [0.2, 0.25) is 5.24 Å². The Kier molecular flexibility index (Phi) is 61.3. The van der Waals surface area contributed by atoms with Crippen molar-refractivity contribution in [2.75, 3.05) is 18.4 Å². The van der Waals surface area contributed by atoms with Crippen LogP contribution in [0.4, 0.5) is 4.79 Å². The summed E-state index contributed by atoms with van der Waals surface area (Å²) in [6.07, 6.45) is 18.9. The molecule has 6 aromatic carbocycles. The molecule has 0 radical (unpaired) electrons. The van der Waals surface area contributed by atoms with Crippen molar-refractivity contribution in [2.45, 2.75) is 158 Å². The van der Waals surface area contributed by atoms with Crippen molar-refractivity contribution in [3.05, 3.63) is 381 Å². The van der Waals surface area contributed by atoms with Gasteiger partial charge in [-0.25, -0.2) is 14.4 Å². The Labute approximate surface area is 768 Å². The van der Waals surface area contributed by atoms with Gasteiger partial charge < -0.3 is 58.9 Å². The average molecular weight is 1760 g/mol. The minimum Gasteiger partial charge on any atom is -0.478 e. The molecule has 0 fully saturated rings. The molecule has 0 saturated carbocycles. The Hall–Kier alpha value is -11.0. The summed E-state index contributed by atoms with van der Waals surface area (Å²) in [4.78, 5) is 76.8. The topological polar surface area (TPSA) is 277 Å². The zero-order valence-electron chi connectivity index (χ0n) is 72.3. The summed E-state index contributed by atoms with van der Waals surface area (Å²) in [6, 6.07) is 81.6. The first-order valence-corrected chi connectivity index (χ1v) is 42.0. The van der Waals surface area contributed by atoms with Crippen LogP contribution in [0, 0.1) is 0 Å². The third kappa shape index (κ3) is 47.3. The maximum atomic E-state index is 11.6. The van der Waals surface area contributed by atoms with Crippen LogP contribution in [-0.2, 0) is 110 Å². The number of aryl methyl sites for hydroxylation is 5. The van der Waals surface area contributed by atoms with Gasteiger partial charge in [-0.15, -0.1) is 41.4 Å². The van der Waals surface area contributed by atoms with Crippen molar-refractivity contribution in [1.29, 1.82) is 0 Å². The van der Waals surface area contributed by atoms with E-state index in [2.05, 4.69) is 177 Å². The molecule has 648 valence electrons. The summed E-state index contributed by atoms with van der Waals surface area (Å²) < 4.78 is 24.8. The second-order valence-corrected chi connectivity index (χ2v) is 27.7. The number of aldehydes is 1. The van der Waals surface area contributed by atoms with Gasteiger partial charge in [-0.3, -0.25) is 24.1 Å². The molecule has 123 heavy (non-hydrogen) atoms. The van der Waals surface area contributed by atoms with Crippen LogP contribution in [0.25, 0.3) is 34.2 Å². The Morgan fingerprint density at radius 2 is 0.821 bits per heavy atom. The van der Waals surface area contributed by atoms with Gasteiger partial charge in [0.05, 0.1) is 23.9 Å². The summed E-state index contributed by atoms with van der Waals surface area (Å²) in [5.41, 5.74) is 36.0. The Morgan fingerprint density at radius 1 is 0.488 bits per heavy atom. The molecule has 0 aliphatic carbocycles. The molecule has 0 aliphatic heterocycles. The maximum absolute atomic E-state index is 11.6. The number of halogens is 4. The van der Waals surface area contributed by atoms with E-state index >= 15 is 0 Å². The van der Waals surface area contributed by atoms with Crippen molar-refractivity contribution >= 4 is 106 Å². The second kappa shape index (κ2) is 68.5. The zero-order valence-corrected chi connectivity index (χ0v) is 77.3. The van der Waals surface area contributed by atoms with E-state index in [-0.39, 0.29) is 58.5 Å². The van der Waals surface area contributed by atoms with Gasteiger partial charge in [0.1, 0.15) is 5.78 Å². The number of benzene rings is 6. The first kappa shape index (κ1) is 110. The molecular weight excluding hydrogens is 1640 g/mol. The van der Waals surface area contributed by atoms with E-state index in [0.29, 0.717) is 44.1 Å². The number of allylic oxidation sites excluding steroid dienone is 1. The number of rotatable bonds is 30. The minimum absolute atomic E-state index is 0. The number of esters is 2. The molecule has 0 amide bonds. The maximum Gasteiger partial charge on any atom is 1.00 e. The molecule has 5 heterocycles. The molecule has 0 saturated heterocycles. The van der Waals surface area contributed by atoms with Crippen LogP contribution in [0.15, 0.2) is 280 Å². The standard InChI is InChI=1S/C19H21NO4.C17H19NO2.C16H17NO2.C14H15NO.C13H15N.C7H9N.C6H10Cl2O.C3H5ClO.C3H5Cl.N3.Na/c1-3-16-10-11-17(12-13-18(21)24-19(22)23-4-2)20(16)14-15-8-6-5-7-9-15;1-3-16-9-10-17(11-12-20-14(2)19)18(16)13-15-7-5-4-6-8-15;1-2-14-8-9-15(10-11-16(18)19)17(14)12-13-6-4-3-5-7-13;1-2-13-8-9-14(11-16)15(13)10-12-6-4-3-5-7-12;1-2-13-9-6-10-14(13)11-12-7-4-3-5-8-12;8-6-7-4-2-1-3-5-7;1-2-6(9)3-5(8)4-7;1-2-3(4)5;1-2-3-4;1-3-2;/h5-13H,3-4,14H2,1-2H3;4-12H,3,13H2,1-2H3;3-11H,2,12H2,1H3,(H,18,19);3-9,11H,2,10H2,1H3;3-10H,2,11H2,1H3;1-5H,6,8H2;5H,2-4H2,1H3;2H2,1H3;2H,1,3H2;;/q;;;;;;;;;-1;+1/b13-12+;12-11+;11-10+;;;;;;;;. The summed E-state index contributed by atoms with van der Waals surface area (Å²) in [5, 5.41) is 8.27. The summed E-state index contributed by atoms with van der Waals surface area (Å²) in [5.74, 6) is -0.897. The number of carboxylic acid groups (broad SMARTS) is 1. The van der Waals surface area contributed by atoms with Gasteiger partial charge in [0.15, 0.2) is 6.29 Å². The number of nitrogens with zero attached hydrogens (tertiary/aromatic N) is 8. The van der Waals surface area contributed by atoms with E-state index in [1.165, 1.54) is 86.4 Å². The number of carbonyl (C=O) groups excluding carboxylic acids is 6. The minimum atomic E-state index is -0.985. The molecule has 3 N–H and O–H groups in total. The normalized spacial score (nSPS) is 10.2. The predicted octanol–water partition coefficient (Wildman–Crippen LogP) is 20.4. The number of carbonyl (C=O) groups is 7. The molecular formula is C98H116Cl4N9NaO11. The van der Waals surface area contributed by atoms with Crippen LogP contribution < -0.4 is 35.3 Å². The monoisotopic (exact) mass is 1760 g/mol. The van der Waals surface area contributed by atoms with Gasteiger partial charge in [-0.1, -0.05) is 237 Å². The largest absolute Gasteiger partial charge is 1.00 e. The van der Waals surface area contributed by atoms with Gasteiger partial charge >= 0.3 is 53.6 Å². The van der Waals surface area contributed by atoms with Gasteiger partial charge in [-0.2, -0.15) is 0 Å². The quantitative estimate of drug-likeness (QED) is 0.00346. The molecule has 0 spiro atoms. The van der Waals surface area contributed by atoms with Crippen molar-refractivity contribution in [1.82, 2.24) is 22.8 Å². The molecule has 25 heteroatoms. The van der Waals surface area contributed by atoms with E-state index in [1.807, 2.05) is 159 Å². The zero-order chi connectivity index (χ0) is 90.1. The number of hydrogen-bond acceptors (Lipinski definition) is 11. The van der Waals surface area contributed by atoms with E-state index in [4.69, 9.17) is 73.0 Å². The molecule has 11 aromatic rings. The number of nitrogens with two attached hydrogens (primary N) is 1. The van der Waals surface area contributed by atoms with Crippen LogP contribution in [0.2, 0.25) is 0 Å². The SMILES string of the molecule is C=CCCl.CCC(=O)CC(Cl)CCl.CCC(=O)Cl.CCOC(=O)OC(=O)/C=C/c1ccc(CC)n1Cc1ccccc1.CCc1ccc(/C=C/C(=O)O)n1Cc1ccccc1.CCc1ccc(/C=C/OC(C)=O)n1Cc1ccccc1.CCc1ccc(C=O)n1Cc1ccccc1.CCc1cccn1Cc1ccccc1.NCc1ccccc1.[N-]=[N+]=[N-].[Na+]. The number of aromatic nitrogens is 5. The van der Waals surface area contributed by atoms with E-state index in [1.54, 1.807) is 32.1 Å². The Bertz CT molecular complexity index is 4890. The van der Waals surface area contributed by atoms with E-state index in [0.717, 1.165) is 93.0 Å². The Morgan fingerprint density at radius 3 is 1.11 bits per heavy atom. The molecule has 20 nitrogen and oxygen atoms in total. The number of alkyl halides is 3. The van der Waals surface area contributed by atoms with Crippen molar-refractivity contribution in [2.24, 2.45) is 5.73 Å². The molecule has 0 bridgehead atoms. The summed E-state index contributed by atoms with van der Waals surface area (Å²) in [7, 11) is 0. The van der Waals surface area contributed by atoms with Crippen LogP contribution >= 0.6 is 46.4 Å². The van der Waals surface area contributed by atoms with Crippen LogP contribution in [0.3, 0.4) is 0 Å². The van der Waals surface area contributed by atoms with Crippen LogP contribution in [0.5, 0.6) is 0 Å². The fraction of sp³-hybridized carbons (Fsp3) is 0.276. The fourth-order valence-corrected chi connectivity index (χ4v) is 11.5. The molecule has 5 aromatic heterocycles. The van der Waals surface area contributed by atoms with Crippen molar-refractivity contribution in [3.8, 4) is 0 Å². The third-order valence-electron chi connectivity index (χ3n) is 17.4. The molecule has 11 rings (SSSR count). The number of ketones is 1. The number of carboxylic acids is 1. The second-order valence-electron chi connectivity index (χ2n) is 26.1. The van der Waals surface area contributed by atoms with Gasteiger partial charge in [0.25, 0.3) is 0 Å². The number of hydrogen-bond donors (Lipinski definition) is 2. The first-order valence-electron chi connectivity index (χ1n) is 40.2. The van der Waals surface area contributed by atoms with Crippen molar-refractivity contribution in [3.63, 3.8) is 0 Å². The summed E-state index contributed by atoms with van der Waals surface area (Å²) in [6.45, 7) is 25.4.